The third-order valence-electron chi connectivity index (χ3n) is 2.12. The third-order valence-corrected chi connectivity index (χ3v) is 2.12. The maximum Gasteiger partial charge on any atom is 0.422 e. The van der Waals surface area contributed by atoms with Gasteiger partial charge in [0.1, 0.15) is 5.56 Å². The maximum atomic E-state index is 13.2. The molecule has 0 aliphatic rings. The van der Waals surface area contributed by atoms with Crippen LogP contribution >= 0.6 is 0 Å². The van der Waals surface area contributed by atoms with E-state index in [1.54, 1.807) is 0 Å². The molecular formula is C10H4F7N. The van der Waals surface area contributed by atoms with E-state index in [2.05, 4.69) is 0 Å². The molecule has 0 bridgehead atoms. The summed E-state index contributed by atoms with van der Waals surface area (Å²) in [7, 11) is 0. The zero-order valence-electron chi connectivity index (χ0n) is 8.51. The van der Waals surface area contributed by atoms with Gasteiger partial charge >= 0.3 is 6.18 Å². The van der Waals surface area contributed by atoms with E-state index in [9.17, 15) is 30.7 Å². The monoisotopic (exact) mass is 271 g/mol. The lowest BCUT2D eigenvalue weighted by Gasteiger charge is -2.13. The number of alkyl halides is 3. The largest absolute Gasteiger partial charge is 0.422 e. The van der Waals surface area contributed by atoms with Crippen LogP contribution < -0.4 is 0 Å². The van der Waals surface area contributed by atoms with Gasteiger partial charge in [0.05, 0.1) is 6.07 Å². The van der Waals surface area contributed by atoms with Crippen molar-refractivity contribution in [1.29, 1.82) is 5.26 Å². The highest BCUT2D eigenvalue weighted by molar-refractivity contribution is 5.32. The van der Waals surface area contributed by atoms with E-state index in [4.69, 9.17) is 5.26 Å². The summed E-state index contributed by atoms with van der Waals surface area (Å²) in [4.78, 5) is 0. The van der Waals surface area contributed by atoms with Crippen LogP contribution in [0.15, 0.2) is 0 Å². The molecule has 0 amide bonds. The van der Waals surface area contributed by atoms with Crippen molar-refractivity contribution in [2.24, 2.45) is 0 Å². The van der Waals surface area contributed by atoms with Crippen molar-refractivity contribution in [3.8, 4) is 6.07 Å². The second-order valence-electron chi connectivity index (χ2n) is 3.27. The number of nitrogens with zero attached hydrogens (tertiary/aromatic N) is 1. The van der Waals surface area contributed by atoms with Crippen molar-refractivity contribution in [2.75, 3.05) is 0 Å². The summed E-state index contributed by atoms with van der Waals surface area (Å²) in [5.74, 6) is -9.27. The summed E-state index contributed by atoms with van der Waals surface area (Å²) in [5, 5.41) is 8.17. The Morgan fingerprint density at radius 1 is 0.889 bits per heavy atom. The zero-order chi connectivity index (χ0) is 14.1. The normalized spacial score (nSPS) is 11.4. The Bertz CT molecular complexity index is 483. The van der Waals surface area contributed by atoms with E-state index in [0.717, 1.165) is 0 Å². The topological polar surface area (TPSA) is 23.8 Å². The van der Waals surface area contributed by atoms with Gasteiger partial charge < -0.3 is 0 Å². The van der Waals surface area contributed by atoms with Crippen LogP contribution in [-0.2, 0) is 12.6 Å². The molecule has 0 N–H and O–H groups in total. The molecule has 1 aromatic rings. The Hall–Kier alpha value is -1.78. The number of benzene rings is 1. The molecule has 0 saturated carbocycles. The van der Waals surface area contributed by atoms with Gasteiger partial charge in [-0.25, -0.2) is 17.6 Å². The van der Waals surface area contributed by atoms with Gasteiger partial charge in [-0.15, -0.1) is 0 Å². The van der Waals surface area contributed by atoms with E-state index in [0.29, 0.717) is 0 Å². The van der Waals surface area contributed by atoms with Crippen LogP contribution in [0.5, 0.6) is 0 Å². The highest BCUT2D eigenvalue weighted by Gasteiger charge is 2.42. The van der Waals surface area contributed by atoms with Crippen LogP contribution in [0.3, 0.4) is 0 Å². The predicted octanol–water partition coefficient (Wildman–Crippen LogP) is 3.72. The SMILES string of the molecule is N#CCCc1c(F)c(F)c(C(F)(F)F)c(F)c1F. The smallest absolute Gasteiger partial charge is 0.203 e. The molecule has 0 unspecified atom stereocenters. The fourth-order valence-corrected chi connectivity index (χ4v) is 1.33. The van der Waals surface area contributed by atoms with Crippen molar-refractivity contribution in [2.45, 2.75) is 19.0 Å². The van der Waals surface area contributed by atoms with Crippen LogP contribution in [-0.4, -0.2) is 0 Å². The van der Waals surface area contributed by atoms with Crippen LogP contribution in [0.25, 0.3) is 0 Å². The molecule has 1 rings (SSSR count). The molecule has 1 aromatic carbocycles. The average molecular weight is 271 g/mol. The number of hydrogen-bond donors (Lipinski definition) is 0. The van der Waals surface area contributed by atoms with Crippen molar-refractivity contribution >= 4 is 0 Å². The fraction of sp³-hybridized carbons (Fsp3) is 0.300. The van der Waals surface area contributed by atoms with Crippen molar-refractivity contribution in [1.82, 2.24) is 0 Å². The molecule has 0 aliphatic heterocycles. The summed E-state index contributed by atoms with van der Waals surface area (Å²) in [6, 6.07) is 1.45. The average Bonchev–Trinajstić information content (AvgIpc) is 2.25. The van der Waals surface area contributed by atoms with Crippen molar-refractivity contribution in [3.63, 3.8) is 0 Å². The number of hydrogen-bond acceptors (Lipinski definition) is 1. The Morgan fingerprint density at radius 2 is 1.33 bits per heavy atom. The molecule has 8 heteroatoms. The van der Waals surface area contributed by atoms with Gasteiger partial charge in [-0.3, -0.25) is 0 Å². The highest BCUT2D eigenvalue weighted by atomic mass is 19.4. The summed E-state index contributed by atoms with van der Waals surface area (Å²) in [6.07, 6.45) is -6.76. The highest BCUT2D eigenvalue weighted by Crippen LogP contribution is 2.37. The van der Waals surface area contributed by atoms with Gasteiger partial charge in [-0.1, -0.05) is 0 Å². The molecule has 1 nitrogen and oxygen atoms in total. The van der Waals surface area contributed by atoms with Gasteiger partial charge in [0.25, 0.3) is 0 Å². The van der Waals surface area contributed by atoms with E-state index in [1.165, 1.54) is 6.07 Å². The quantitative estimate of drug-likeness (QED) is 0.594. The molecule has 0 aliphatic carbocycles. The number of halogens is 7. The van der Waals surface area contributed by atoms with E-state index >= 15 is 0 Å². The Kier molecular flexibility index (Phi) is 3.84. The molecule has 0 aromatic heterocycles. The van der Waals surface area contributed by atoms with E-state index < -0.39 is 53.4 Å². The summed E-state index contributed by atoms with van der Waals surface area (Å²) >= 11 is 0. The predicted molar refractivity (Wildman–Crippen MR) is 45.2 cm³/mol. The van der Waals surface area contributed by atoms with Gasteiger partial charge in [0.2, 0.25) is 0 Å². The molecule has 0 fully saturated rings. The van der Waals surface area contributed by atoms with Crippen molar-refractivity contribution in [3.05, 3.63) is 34.4 Å². The summed E-state index contributed by atoms with van der Waals surface area (Å²) in [6.45, 7) is 0. The summed E-state index contributed by atoms with van der Waals surface area (Å²) < 4.78 is 89.0. The molecule has 0 spiro atoms. The molecule has 0 heterocycles. The Balaban J connectivity index is 3.52. The molecule has 0 saturated heterocycles. The Morgan fingerprint density at radius 3 is 1.67 bits per heavy atom. The lowest BCUT2D eigenvalue weighted by atomic mass is 10.0. The standard InChI is InChI=1S/C10H4F7N/c11-6-4(2-1-3-18)7(12)9(14)5(8(6)13)10(15,16)17/h1-2H2. The second-order valence-corrected chi connectivity index (χ2v) is 3.27. The molecule has 18 heavy (non-hydrogen) atoms. The third kappa shape index (κ3) is 2.39. The number of rotatable bonds is 2. The lowest BCUT2D eigenvalue weighted by molar-refractivity contribution is -0.143. The molecule has 0 atom stereocenters. The van der Waals surface area contributed by atoms with E-state index in [-0.39, 0.29) is 0 Å². The van der Waals surface area contributed by atoms with Gasteiger partial charge in [0, 0.05) is 12.0 Å². The molecule has 98 valence electrons. The van der Waals surface area contributed by atoms with Crippen LogP contribution in [0, 0.1) is 34.6 Å². The maximum absolute atomic E-state index is 13.2. The first kappa shape index (κ1) is 14.3. The van der Waals surface area contributed by atoms with Gasteiger partial charge in [-0.2, -0.15) is 18.4 Å². The second kappa shape index (κ2) is 4.84. The number of nitriles is 1. The zero-order valence-corrected chi connectivity index (χ0v) is 8.51. The van der Waals surface area contributed by atoms with Gasteiger partial charge in [-0.05, 0) is 6.42 Å². The van der Waals surface area contributed by atoms with Crippen LogP contribution in [0.1, 0.15) is 17.5 Å². The van der Waals surface area contributed by atoms with Gasteiger partial charge in [0.15, 0.2) is 23.3 Å². The minimum absolute atomic E-state index is 0.488. The lowest BCUT2D eigenvalue weighted by Crippen LogP contribution is -2.17. The van der Waals surface area contributed by atoms with E-state index in [1.807, 2.05) is 0 Å². The fourth-order valence-electron chi connectivity index (χ4n) is 1.33. The van der Waals surface area contributed by atoms with Crippen LogP contribution in [0.2, 0.25) is 0 Å². The van der Waals surface area contributed by atoms with Crippen molar-refractivity contribution < 1.29 is 30.7 Å². The minimum Gasteiger partial charge on any atom is -0.203 e. The summed E-state index contributed by atoms with van der Waals surface area (Å²) in [5.41, 5.74) is -3.82. The first-order chi connectivity index (χ1) is 8.21. The Labute approximate surface area is 96.4 Å². The first-order valence-corrected chi connectivity index (χ1v) is 4.50. The minimum atomic E-state index is -5.55. The van der Waals surface area contributed by atoms with Crippen LogP contribution in [0.4, 0.5) is 30.7 Å². The molecule has 0 radical (unpaired) electrons. The first-order valence-electron chi connectivity index (χ1n) is 4.50. The molecular weight excluding hydrogens is 267 g/mol.